The number of rotatable bonds is 6. The van der Waals surface area contributed by atoms with Crippen LogP contribution < -0.4 is 5.32 Å². The van der Waals surface area contributed by atoms with E-state index in [1.54, 1.807) is 0 Å². The fraction of sp³-hybridized carbons (Fsp3) is 0.750. The van der Waals surface area contributed by atoms with Crippen molar-refractivity contribution in [3.8, 4) is 0 Å². The van der Waals surface area contributed by atoms with Crippen molar-refractivity contribution >= 4 is 17.6 Å². The van der Waals surface area contributed by atoms with Gasteiger partial charge in [0.1, 0.15) is 6.61 Å². The minimum absolute atomic E-state index is 0.0475. The Labute approximate surface area is 112 Å². The van der Waals surface area contributed by atoms with Crippen molar-refractivity contribution in [3.05, 3.63) is 0 Å². The predicted molar refractivity (Wildman–Crippen MR) is 68.9 cm³/mol. The molecule has 1 fully saturated rings. The molecule has 1 heterocycles. The van der Waals surface area contributed by atoms with Crippen LogP contribution in [0, 0.1) is 0 Å². The number of carbonyl (C=O) groups excluding carboxylic acids is 2. The van der Waals surface area contributed by atoms with Gasteiger partial charge in [-0.2, -0.15) is 0 Å². The number of unbranched alkanes of at least 4 members (excludes halogenated alkanes) is 1. The fourth-order valence-electron chi connectivity index (χ4n) is 1.79. The van der Waals surface area contributed by atoms with E-state index in [1.165, 1.54) is 4.90 Å². The summed E-state index contributed by atoms with van der Waals surface area (Å²) in [5, 5.41) is 14.5. The highest BCUT2D eigenvalue weighted by Crippen LogP contribution is 2.10. The number of hydrogen-bond acceptors (Lipinski definition) is 5. The van der Waals surface area contributed by atoms with E-state index in [4.69, 9.17) is 9.94 Å². The van der Waals surface area contributed by atoms with Crippen LogP contribution in [0.4, 0.5) is 0 Å². The molecule has 108 valence electrons. The number of oxime groups is 1. The smallest absolute Gasteiger partial charge is 0.267 e. The predicted octanol–water partition coefficient (Wildman–Crippen LogP) is 0.328. The summed E-state index contributed by atoms with van der Waals surface area (Å²) in [5.41, 5.74) is 0. The molecule has 2 N–H and O–H groups in total. The molecule has 0 aliphatic carbocycles. The first-order chi connectivity index (χ1) is 9.15. The van der Waals surface area contributed by atoms with Crippen molar-refractivity contribution in [2.45, 2.75) is 39.2 Å². The molecule has 19 heavy (non-hydrogen) atoms. The summed E-state index contributed by atoms with van der Waals surface area (Å²) in [5.74, 6) is -0.768. The van der Waals surface area contributed by atoms with Gasteiger partial charge < -0.3 is 15.3 Å². The monoisotopic (exact) mass is 271 g/mol. The number of hydrogen-bond donors (Lipinski definition) is 2. The van der Waals surface area contributed by atoms with Gasteiger partial charge in [-0.15, -0.1) is 0 Å². The molecular formula is C12H21N3O4. The van der Waals surface area contributed by atoms with Gasteiger partial charge in [-0.05, 0) is 12.8 Å². The second kappa shape index (κ2) is 7.73. The lowest BCUT2D eigenvalue weighted by atomic mass is 10.2. The maximum Gasteiger partial charge on any atom is 0.267 e. The Morgan fingerprint density at radius 3 is 2.84 bits per heavy atom. The first-order valence-corrected chi connectivity index (χ1v) is 6.57. The average molecular weight is 271 g/mol. The summed E-state index contributed by atoms with van der Waals surface area (Å²) < 4.78 is 5.17. The van der Waals surface area contributed by atoms with Crippen LogP contribution in [0.2, 0.25) is 0 Å². The van der Waals surface area contributed by atoms with Gasteiger partial charge in [0, 0.05) is 13.1 Å². The van der Waals surface area contributed by atoms with Crippen molar-refractivity contribution in [2.75, 3.05) is 19.7 Å². The largest absolute Gasteiger partial charge is 0.409 e. The van der Waals surface area contributed by atoms with E-state index in [1.807, 2.05) is 13.8 Å². The molecule has 1 rings (SSSR count). The van der Waals surface area contributed by atoms with E-state index < -0.39 is 17.9 Å². The number of morpholine rings is 1. The Bertz CT molecular complexity index is 357. The number of carbonyl (C=O) groups is 2. The minimum atomic E-state index is -1.14. The first-order valence-electron chi connectivity index (χ1n) is 6.57. The molecule has 1 saturated heterocycles. The third-order valence-corrected chi connectivity index (χ3v) is 2.81. The van der Waals surface area contributed by atoms with Crippen LogP contribution in [0.3, 0.4) is 0 Å². The zero-order valence-corrected chi connectivity index (χ0v) is 11.4. The minimum Gasteiger partial charge on any atom is -0.409 e. The second-order valence-electron chi connectivity index (χ2n) is 4.34. The average Bonchev–Trinajstić information content (AvgIpc) is 2.41. The maximum atomic E-state index is 12.1. The van der Waals surface area contributed by atoms with Gasteiger partial charge in [-0.1, -0.05) is 25.4 Å². The van der Waals surface area contributed by atoms with Gasteiger partial charge in [0.25, 0.3) is 11.8 Å². The summed E-state index contributed by atoms with van der Waals surface area (Å²) in [4.78, 5) is 25.2. The van der Waals surface area contributed by atoms with Gasteiger partial charge in [0.2, 0.25) is 6.10 Å². The van der Waals surface area contributed by atoms with Crippen molar-refractivity contribution in [1.29, 1.82) is 0 Å². The third kappa shape index (κ3) is 3.92. The quantitative estimate of drug-likeness (QED) is 0.315. The molecule has 2 amide bonds. The van der Waals surface area contributed by atoms with Crippen LogP contribution in [0.1, 0.15) is 33.1 Å². The highest BCUT2D eigenvalue weighted by atomic mass is 16.5. The molecule has 1 atom stereocenters. The summed E-state index contributed by atoms with van der Waals surface area (Å²) in [7, 11) is 0. The maximum absolute atomic E-state index is 12.1. The first kappa shape index (κ1) is 15.4. The van der Waals surface area contributed by atoms with Crippen LogP contribution in [0.5, 0.6) is 0 Å². The van der Waals surface area contributed by atoms with Crippen LogP contribution in [-0.4, -0.2) is 53.6 Å². The molecular weight excluding hydrogens is 250 g/mol. The lowest BCUT2D eigenvalue weighted by molar-refractivity contribution is -0.152. The van der Waals surface area contributed by atoms with E-state index in [2.05, 4.69) is 10.5 Å². The molecule has 7 nitrogen and oxygen atoms in total. The summed E-state index contributed by atoms with van der Waals surface area (Å²) in [6.07, 6.45) is 1.38. The van der Waals surface area contributed by atoms with Crippen LogP contribution in [0.15, 0.2) is 5.16 Å². The van der Waals surface area contributed by atoms with Gasteiger partial charge in [-0.25, -0.2) is 0 Å². The van der Waals surface area contributed by atoms with E-state index in [0.717, 1.165) is 12.8 Å². The Balaban J connectivity index is 2.66. The second-order valence-corrected chi connectivity index (χ2v) is 4.34. The molecule has 1 aliphatic heterocycles. The number of nitrogens with one attached hydrogen (secondary N) is 1. The van der Waals surface area contributed by atoms with Crippen LogP contribution in [-0.2, 0) is 14.3 Å². The van der Waals surface area contributed by atoms with Gasteiger partial charge in [0.05, 0.1) is 0 Å². The topological polar surface area (TPSA) is 91.2 Å². The molecule has 7 heteroatoms. The lowest BCUT2D eigenvalue weighted by Gasteiger charge is -2.31. The van der Waals surface area contributed by atoms with E-state index >= 15 is 0 Å². The molecule has 0 bridgehead atoms. The van der Waals surface area contributed by atoms with E-state index in [9.17, 15) is 9.59 Å². The van der Waals surface area contributed by atoms with Crippen molar-refractivity contribution in [2.24, 2.45) is 5.16 Å². The number of nitrogens with zero attached hydrogens (tertiary/aromatic N) is 2. The number of amidine groups is 1. The summed E-state index contributed by atoms with van der Waals surface area (Å²) in [6, 6.07) is 0. The van der Waals surface area contributed by atoms with Crippen molar-refractivity contribution in [3.63, 3.8) is 0 Å². The van der Waals surface area contributed by atoms with E-state index in [0.29, 0.717) is 19.5 Å². The van der Waals surface area contributed by atoms with Crippen molar-refractivity contribution < 1.29 is 19.5 Å². The van der Waals surface area contributed by atoms with Gasteiger partial charge >= 0.3 is 0 Å². The van der Waals surface area contributed by atoms with E-state index in [-0.39, 0.29) is 12.4 Å². The SMILES string of the molecule is CCCCNC(=O)C1OCC(=NO)N(CCC)C1=O. The van der Waals surface area contributed by atoms with Crippen LogP contribution in [0.25, 0.3) is 0 Å². The summed E-state index contributed by atoms with van der Waals surface area (Å²) in [6.45, 7) is 4.79. The molecule has 1 unspecified atom stereocenters. The molecule has 1 aliphatic rings. The third-order valence-electron chi connectivity index (χ3n) is 2.81. The normalized spacial score (nSPS) is 21.8. The highest BCUT2D eigenvalue weighted by molar-refractivity contribution is 6.11. The Kier molecular flexibility index (Phi) is 6.27. The Morgan fingerprint density at radius 2 is 2.26 bits per heavy atom. The molecule has 0 aromatic heterocycles. The molecule has 0 radical (unpaired) electrons. The summed E-state index contributed by atoms with van der Waals surface area (Å²) >= 11 is 0. The van der Waals surface area contributed by atoms with Crippen LogP contribution >= 0.6 is 0 Å². The Morgan fingerprint density at radius 1 is 1.53 bits per heavy atom. The number of amides is 2. The molecule has 0 aromatic rings. The number of ether oxygens (including phenoxy) is 1. The zero-order valence-electron chi connectivity index (χ0n) is 11.4. The van der Waals surface area contributed by atoms with Gasteiger partial charge in [-0.3, -0.25) is 14.5 Å². The Hall–Kier alpha value is -1.63. The molecule has 0 spiro atoms. The standard InChI is InChI=1S/C12H21N3O4/c1-3-5-6-13-11(16)10-12(17)15(7-4-2)9(14-18)8-19-10/h10,18H,3-8H2,1-2H3,(H,13,16). The molecule has 0 saturated carbocycles. The fourth-order valence-corrected chi connectivity index (χ4v) is 1.79. The molecule has 0 aromatic carbocycles. The lowest BCUT2D eigenvalue weighted by Crippen LogP contribution is -2.56. The zero-order chi connectivity index (χ0) is 14.3. The van der Waals surface area contributed by atoms with Crippen molar-refractivity contribution in [1.82, 2.24) is 10.2 Å². The van der Waals surface area contributed by atoms with Gasteiger partial charge in [0.15, 0.2) is 5.84 Å². The highest BCUT2D eigenvalue weighted by Gasteiger charge is 2.38.